The molecule has 0 spiro atoms. The molecule has 0 bridgehead atoms. The van der Waals surface area contributed by atoms with Crippen LogP contribution in [0.15, 0.2) is 12.1 Å². The smallest absolute Gasteiger partial charge is 0.274 e. The summed E-state index contributed by atoms with van der Waals surface area (Å²) in [5.41, 5.74) is 2.79. The first-order valence-electron chi connectivity index (χ1n) is 5.50. The van der Waals surface area contributed by atoms with Crippen molar-refractivity contribution in [2.24, 2.45) is 0 Å². The topological polar surface area (TPSA) is 9.23 Å². The van der Waals surface area contributed by atoms with Crippen molar-refractivity contribution < 1.29 is 4.43 Å². The highest BCUT2D eigenvalue weighted by molar-refractivity contribution is 14.1. The molecular weight excluding hydrogens is 327 g/mol. The minimum absolute atomic E-state index is 0.181. The molecule has 1 rings (SSSR count). The van der Waals surface area contributed by atoms with Gasteiger partial charge in [0.25, 0.3) is 9.04 Å². The molecule has 0 amide bonds. The van der Waals surface area contributed by atoms with Crippen LogP contribution in [0.3, 0.4) is 0 Å². The summed E-state index contributed by atoms with van der Waals surface area (Å²) in [6, 6.07) is 4.47. The van der Waals surface area contributed by atoms with Gasteiger partial charge in [-0.05, 0) is 65.7 Å². The highest BCUT2D eigenvalue weighted by Gasteiger charge is 2.17. The van der Waals surface area contributed by atoms with E-state index in [2.05, 4.69) is 75.5 Å². The van der Waals surface area contributed by atoms with Gasteiger partial charge in [-0.15, -0.1) is 0 Å². The molecule has 0 saturated heterocycles. The Bertz CT molecular complexity index is 380. The number of halogens is 1. The Hall–Kier alpha value is -0.0331. The first kappa shape index (κ1) is 14.0. The summed E-state index contributed by atoms with van der Waals surface area (Å²) in [7, 11) is -0.690. The van der Waals surface area contributed by atoms with Crippen LogP contribution in [0.25, 0.3) is 0 Å². The van der Waals surface area contributed by atoms with Gasteiger partial charge in [-0.25, -0.2) is 0 Å². The molecule has 0 unspecified atom stereocenters. The first-order chi connectivity index (χ1) is 7.21. The van der Waals surface area contributed by atoms with E-state index >= 15 is 0 Å². The van der Waals surface area contributed by atoms with Crippen molar-refractivity contribution in [2.75, 3.05) is 0 Å². The molecule has 0 atom stereocenters. The molecule has 0 saturated carbocycles. The lowest BCUT2D eigenvalue weighted by Crippen LogP contribution is -2.16. The van der Waals surface area contributed by atoms with Gasteiger partial charge in [-0.3, -0.25) is 0 Å². The molecule has 0 aliphatic carbocycles. The maximum atomic E-state index is 5.96. The number of hydrogen-bond acceptors (Lipinski definition) is 1. The van der Waals surface area contributed by atoms with Gasteiger partial charge in [0.15, 0.2) is 0 Å². The Morgan fingerprint density at radius 3 is 2.19 bits per heavy atom. The minimum atomic E-state index is -0.690. The summed E-state index contributed by atoms with van der Waals surface area (Å²) >= 11 is 2.39. The number of hydrogen-bond donors (Lipinski definition) is 0. The van der Waals surface area contributed by atoms with E-state index in [0.29, 0.717) is 0 Å². The van der Waals surface area contributed by atoms with Gasteiger partial charge >= 0.3 is 0 Å². The van der Waals surface area contributed by atoms with E-state index in [9.17, 15) is 0 Å². The fourth-order valence-corrected chi connectivity index (χ4v) is 2.67. The van der Waals surface area contributed by atoms with Crippen molar-refractivity contribution in [1.29, 1.82) is 0 Å². The Labute approximate surface area is 114 Å². The SMILES string of the molecule is Cc1c(I)cc(C(C)(C)C)cc1O[Si](C)C. The minimum Gasteiger partial charge on any atom is -0.542 e. The molecule has 3 heteroatoms. The van der Waals surface area contributed by atoms with Crippen molar-refractivity contribution in [2.45, 2.75) is 46.2 Å². The fourth-order valence-electron chi connectivity index (χ4n) is 1.41. The predicted molar refractivity (Wildman–Crippen MR) is 80.7 cm³/mol. The second-order valence-electron chi connectivity index (χ2n) is 5.34. The summed E-state index contributed by atoms with van der Waals surface area (Å²) in [6.45, 7) is 13.2. The Morgan fingerprint density at radius 2 is 1.75 bits per heavy atom. The van der Waals surface area contributed by atoms with Gasteiger partial charge in [-0.2, -0.15) is 0 Å². The molecule has 0 N–H and O–H groups in total. The molecule has 1 aromatic rings. The molecule has 89 valence electrons. The van der Waals surface area contributed by atoms with E-state index in [4.69, 9.17) is 4.43 Å². The van der Waals surface area contributed by atoms with Gasteiger partial charge in [-0.1, -0.05) is 20.8 Å². The van der Waals surface area contributed by atoms with Crippen LogP contribution in [0.4, 0.5) is 0 Å². The molecule has 0 aliphatic rings. The lowest BCUT2D eigenvalue weighted by Gasteiger charge is -2.22. The summed E-state index contributed by atoms with van der Waals surface area (Å²) < 4.78 is 7.25. The van der Waals surface area contributed by atoms with Gasteiger partial charge in [0.2, 0.25) is 0 Å². The van der Waals surface area contributed by atoms with E-state index in [1.54, 1.807) is 0 Å². The third-order valence-corrected chi connectivity index (χ3v) is 4.23. The number of rotatable bonds is 2. The highest BCUT2D eigenvalue weighted by atomic mass is 127. The van der Waals surface area contributed by atoms with Crippen LogP contribution in [0, 0.1) is 10.5 Å². The van der Waals surface area contributed by atoms with Crippen LogP contribution in [0.2, 0.25) is 13.1 Å². The van der Waals surface area contributed by atoms with Gasteiger partial charge < -0.3 is 4.43 Å². The largest absolute Gasteiger partial charge is 0.542 e. The van der Waals surface area contributed by atoms with Crippen molar-refractivity contribution in [3.63, 3.8) is 0 Å². The highest BCUT2D eigenvalue weighted by Crippen LogP contribution is 2.32. The lowest BCUT2D eigenvalue weighted by atomic mass is 9.86. The Morgan fingerprint density at radius 1 is 1.19 bits per heavy atom. The third kappa shape index (κ3) is 3.48. The molecule has 0 fully saturated rings. The van der Waals surface area contributed by atoms with E-state index in [0.717, 1.165) is 5.75 Å². The summed E-state index contributed by atoms with van der Waals surface area (Å²) in [5, 5.41) is 0. The van der Waals surface area contributed by atoms with E-state index in [1.807, 2.05) is 0 Å². The zero-order valence-corrected chi connectivity index (χ0v) is 14.1. The second kappa shape index (κ2) is 5.08. The van der Waals surface area contributed by atoms with Gasteiger partial charge in [0.1, 0.15) is 5.75 Å². The molecule has 1 aromatic carbocycles. The zero-order valence-electron chi connectivity index (χ0n) is 10.9. The maximum absolute atomic E-state index is 5.96. The van der Waals surface area contributed by atoms with Crippen LogP contribution >= 0.6 is 22.6 Å². The lowest BCUT2D eigenvalue weighted by molar-refractivity contribution is 0.556. The van der Waals surface area contributed by atoms with Gasteiger partial charge in [0.05, 0.1) is 0 Å². The average molecular weight is 347 g/mol. The monoisotopic (exact) mass is 347 g/mol. The molecule has 16 heavy (non-hydrogen) atoms. The van der Waals surface area contributed by atoms with Crippen LogP contribution in [0.1, 0.15) is 31.9 Å². The van der Waals surface area contributed by atoms with Crippen molar-refractivity contribution in [1.82, 2.24) is 0 Å². The van der Waals surface area contributed by atoms with Crippen LogP contribution in [-0.2, 0) is 5.41 Å². The van der Waals surface area contributed by atoms with Crippen LogP contribution in [-0.4, -0.2) is 9.04 Å². The average Bonchev–Trinajstić information content (AvgIpc) is 2.10. The Kier molecular flexibility index (Phi) is 4.46. The zero-order chi connectivity index (χ0) is 12.5. The summed E-state index contributed by atoms with van der Waals surface area (Å²) in [4.78, 5) is 0. The van der Waals surface area contributed by atoms with Gasteiger partial charge in [0, 0.05) is 9.13 Å². The van der Waals surface area contributed by atoms with Crippen LogP contribution in [0.5, 0.6) is 5.75 Å². The fraction of sp³-hybridized carbons (Fsp3) is 0.538. The van der Waals surface area contributed by atoms with Crippen molar-refractivity contribution >= 4 is 31.6 Å². The molecular formula is C13H20IOSi. The standard InChI is InChI=1S/C13H20IOSi/c1-9-11(14)7-10(13(2,3)4)8-12(9)15-16(5)6/h7-8H,1-6H3. The van der Waals surface area contributed by atoms with Crippen LogP contribution < -0.4 is 4.43 Å². The summed E-state index contributed by atoms with van der Waals surface area (Å²) in [6.07, 6.45) is 0. The molecule has 1 nitrogen and oxygen atoms in total. The third-order valence-electron chi connectivity index (χ3n) is 2.48. The van der Waals surface area contributed by atoms with E-state index in [-0.39, 0.29) is 5.41 Å². The second-order valence-corrected chi connectivity index (χ2v) is 8.52. The van der Waals surface area contributed by atoms with Crippen molar-refractivity contribution in [3.8, 4) is 5.75 Å². The quantitative estimate of drug-likeness (QED) is 0.564. The first-order valence-corrected chi connectivity index (χ1v) is 8.99. The van der Waals surface area contributed by atoms with E-state index < -0.39 is 9.04 Å². The normalized spacial score (nSPS) is 12.0. The molecule has 0 aliphatic heterocycles. The molecule has 0 aromatic heterocycles. The van der Waals surface area contributed by atoms with E-state index in [1.165, 1.54) is 14.7 Å². The Balaban J connectivity index is 3.22. The maximum Gasteiger partial charge on any atom is 0.274 e. The summed E-state index contributed by atoms with van der Waals surface area (Å²) in [5.74, 6) is 1.07. The van der Waals surface area contributed by atoms with Crippen molar-refractivity contribution in [3.05, 3.63) is 26.8 Å². The predicted octanol–water partition coefficient (Wildman–Crippen LogP) is 4.53. The molecule has 1 radical (unpaired) electrons. The molecule has 0 heterocycles. The number of benzene rings is 1.